The maximum Gasteiger partial charge on any atom is 0.238 e. The van der Waals surface area contributed by atoms with Gasteiger partial charge in [0.2, 0.25) is 23.6 Å². The van der Waals surface area contributed by atoms with Gasteiger partial charge < -0.3 is 9.47 Å². The lowest BCUT2D eigenvalue weighted by Gasteiger charge is -2.44. The highest BCUT2D eigenvalue weighted by Crippen LogP contribution is 2.58. The Balaban J connectivity index is 1.35. The van der Waals surface area contributed by atoms with Crippen molar-refractivity contribution in [2.75, 3.05) is 24.0 Å². The van der Waals surface area contributed by atoms with E-state index in [1.807, 2.05) is 24.3 Å². The molecule has 0 N–H and O–H groups in total. The normalized spacial score (nSPS) is 30.4. The number of rotatable bonds is 6. The molecule has 0 radical (unpaired) electrons. The second-order valence-corrected chi connectivity index (χ2v) is 9.87. The molecule has 2 saturated heterocycles. The fraction of sp³-hybridized carbons (Fsp3) is 0.357. The maximum absolute atomic E-state index is 13.7. The Hall–Kier alpha value is -3.62. The number of hydrogen-bond acceptors (Lipinski definition) is 6. The Bertz CT molecular complexity index is 1180. The topological polar surface area (TPSA) is 93.2 Å². The molecule has 4 amide bonds. The first-order chi connectivity index (χ1) is 17.5. The molecule has 0 aromatic heterocycles. The zero-order valence-electron chi connectivity index (χ0n) is 20.0. The van der Waals surface area contributed by atoms with Gasteiger partial charge in [0.15, 0.2) is 0 Å². The first-order valence-electron chi connectivity index (χ1n) is 12.1. The number of ether oxygens (including phenoxy) is 2. The van der Waals surface area contributed by atoms with Crippen LogP contribution in [0.4, 0.5) is 11.4 Å². The van der Waals surface area contributed by atoms with Gasteiger partial charge in [-0.15, -0.1) is 0 Å². The van der Waals surface area contributed by atoms with Gasteiger partial charge in [0.25, 0.3) is 0 Å². The molecule has 8 nitrogen and oxygen atoms in total. The summed E-state index contributed by atoms with van der Waals surface area (Å²) in [6, 6.07) is 14.3. The van der Waals surface area contributed by atoms with Crippen LogP contribution in [0, 0.1) is 35.5 Å². The van der Waals surface area contributed by atoms with Gasteiger partial charge in [-0.1, -0.05) is 36.4 Å². The van der Waals surface area contributed by atoms with E-state index in [4.69, 9.17) is 9.47 Å². The number of anilines is 2. The van der Waals surface area contributed by atoms with Gasteiger partial charge in [0.1, 0.15) is 0 Å². The number of allylic oxidation sites excluding steroid dienone is 2. The largest absolute Gasteiger partial charge is 0.380 e. The molecule has 0 spiro atoms. The highest BCUT2D eigenvalue weighted by atomic mass is 16.5. The average Bonchev–Trinajstić information content (AvgIpc) is 3.32. The predicted octanol–water partition coefficient (Wildman–Crippen LogP) is 2.71. The van der Waals surface area contributed by atoms with Crippen LogP contribution < -0.4 is 9.80 Å². The molecule has 5 aliphatic rings. The molecule has 36 heavy (non-hydrogen) atoms. The summed E-state index contributed by atoms with van der Waals surface area (Å²) in [5.74, 6) is -4.86. The van der Waals surface area contributed by atoms with Gasteiger partial charge in [0, 0.05) is 26.1 Å². The number of nitrogens with zero attached hydrogens (tertiary/aromatic N) is 2. The zero-order chi connectivity index (χ0) is 25.1. The first kappa shape index (κ1) is 22.8. The van der Waals surface area contributed by atoms with Crippen molar-refractivity contribution in [3.8, 4) is 0 Å². The van der Waals surface area contributed by atoms with Crippen LogP contribution in [0.25, 0.3) is 0 Å². The standard InChI is InChI=1S/C28H26N2O6/c1-35-13-15-5-3-7-17(11-15)29-25(31)21-19-9-10-20(22(21)26(29)32)24-23(19)27(33)30(28(24)34)18-8-4-6-16(12-18)14-36-2/h3-12,19-24H,13-14H2,1-2H3/t19?,20?,21-,22+,23+,24-. The molecule has 2 bridgehead atoms. The highest BCUT2D eigenvalue weighted by molar-refractivity contribution is 6.26. The summed E-state index contributed by atoms with van der Waals surface area (Å²) in [7, 11) is 3.17. The van der Waals surface area contributed by atoms with Crippen molar-refractivity contribution in [3.63, 3.8) is 0 Å². The molecule has 8 heteroatoms. The van der Waals surface area contributed by atoms with Gasteiger partial charge >= 0.3 is 0 Å². The number of hydrogen-bond donors (Lipinski definition) is 0. The van der Waals surface area contributed by atoms with Gasteiger partial charge in [-0.05, 0) is 35.4 Å². The minimum atomic E-state index is -0.656. The van der Waals surface area contributed by atoms with E-state index in [1.165, 1.54) is 9.80 Å². The Labute approximate surface area is 208 Å². The Kier molecular flexibility index (Phi) is 5.39. The van der Waals surface area contributed by atoms with Crippen LogP contribution in [0.15, 0.2) is 60.7 Å². The number of imide groups is 2. The van der Waals surface area contributed by atoms with E-state index in [-0.39, 0.29) is 23.6 Å². The fourth-order valence-corrected chi connectivity index (χ4v) is 6.64. The molecule has 2 heterocycles. The van der Waals surface area contributed by atoms with Gasteiger partial charge in [-0.25, -0.2) is 0 Å². The van der Waals surface area contributed by atoms with Gasteiger partial charge in [0.05, 0.1) is 48.3 Å². The molecule has 6 atom stereocenters. The summed E-state index contributed by atoms with van der Waals surface area (Å²) in [6.07, 6.45) is 3.75. The van der Waals surface area contributed by atoms with Crippen LogP contribution in [0.2, 0.25) is 0 Å². The second-order valence-electron chi connectivity index (χ2n) is 9.87. The molecule has 2 aromatic carbocycles. The Morgan fingerprint density at radius 3 is 1.31 bits per heavy atom. The lowest BCUT2D eigenvalue weighted by molar-refractivity contribution is -0.137. The minimum absolute atomic E-state index is 0.307. The van der Waals surface area contributed by atoms with Crippen LogP contribution >= 0.6 is 0 Å². The fourth-order valence-electron chi connectivity index (χ4n) is 6.64. The van der Waals surface area contributed by atoms with E-state index < -0.39 is 35.5 Å². The van der Waals surface area contributed by atoms with Crippen LogP contribution in [-0.4, -0.2) is 37.8 Å². The van der Waals surface area contributed by atoms with Crippen molar-refractivity contribution in [1.82, 2.24) is 0 Å². The van der Waals surface area contributed by atoms with Crippen molar-refractivity contribution >= 4 is 35.0 Å². The average molecular weight is 487 g/mol. The summed E-state index contributed by atoms with van der Waals surface area (Å²) >= 11 is 0. The molecule has 2 aliphatic heterocycles. The molecule has 2 aromatic rings. The molecule has 1 saturated carbocycles. The first-order valence-corrected chi connectivity index (χ1v) is 12.1. The summed E-state index contributed by atoms with van der Waals surface area (Å²) in [6.45, 7) is 0.719. The highest BCUT2D eigenvalue weighted by Gasteiger charge is 2.68. The van der Waals surface area contributed by atoms with Crippen molar-refractivity contribution in [2.24, 2.45) is 35.5 Å². The molecule has 2 unspecified atom stereocenters. The van der Waals surface area contributed by atoms with Crippen LogP contribution in [-0.2, 0) is 41.9 Å². The van der Waals surface area contributed by atoms with Gasteiger partial charge in [-0.3, -0.25) is 29.0 Å². The quantitative estimate of drug-likeness (QED) is 0.461. The molecular formula is C28H26N2O6. The lowest BCUT2D eigenvalue weighted by atomic mass is 9.54. The Morgan fingerprint density at radius 2 is 0.972 bits per heavy atom. The Morgan fingerprint density at radius 1 is 0.611 bits per heavy atom. The van der Waals surface area contributed by atoms with Crippen LogP contribution in [0.5, 0.6) is 0 Å². The van der Waals surface area contributed by atoms with Crippen molar-refractivity contribution in [1.29, 1.82) is 0 Å². The SMILES string of the molecule is COCc1cccc(N2C(=O)[C@@H]3C4C=CC([C@H]5C(=O)N(c6cccc(COC)c6)C(=O)[C@@H]45)[C@@H]3C2=O)c1. The number of benzene rings is 2. The molecule has 3 fully saturated rings. The maximum atomic E-state index is 13.7. The summed E-state index contributed by atoms with van der Waals surface area (Å²) in [5.41, 5.74) is 2.68. The van der Waals surface area contributed by atoms with Crippen molar-refractivity contribution < 1.29 is 28.7 Å². The predicted molar refractivity (Wildman–Crippen MR) is 129 cm³/mol. The third kappa shape index (κ3) is 3.14. The minimum Gasteiger partial charge on any atom is -0.380 e. The van der Waals surface area contributed by atoms with E-state index in [0.717, 1.165) is 11.1 Å². The molecule has 184 valence electrons. The monoisotopic (exact) mass is 486 g/mol. The summed E-state index contributed by atoms with van der Waals surface area (Å²) in [5, 5.41) is 0. The number of carbonyl (C=O) groups is 4. The number of methoxy groups -OCH3 is 2. The van der Waals surface area contributed by atoms with Crippen molar-refractivity contribution in [3.05, 3.63) is 71.8 Å². The van der Waals surface area contributed by atoms with Crippen LogP contribution in [0.3, 0.4) is 0 Å². The van der Waals surface area contributed by atoms with Gasteiger partial charge in [-0.2, -0.15) is 0 Å². The number of amides is 4. The summed E-state index contributed by atoms with van der Waals surface area (Å²) in [4.78, 5) is 57.2. The van der Waals surface area contributed by atoms with Crippen molar-refractivity contribution in [2.45, 2.75) is 13.2 Å². The molecule has 3 aliphatic carbocycles. The van der Waals surface area contributed by atoms with E-state index in [0.29, 0.717) is 24.6 Å². The van der Waals surface area contributed by atoms with E-state index in [9.17, 15) is 19.2 Å². The van der Waals surface area contributed by atoms with E-state index in [2.05, 4.69) is 0 Å². The molecular weight excluding hydrogens is 460 g/mol. The third-order valence-corrected chi connectivity index (χ3v) is 7.97. The van der Waals surface area contributed by atoms with Crippen LogP contribution in [0.1, 0.15) is 11.1 Å². The number of carbonyl (C=O) groups excluding carboxylic acids is 4. The van der Waals surface area contributed by atoms with E-state index in [1.54, 1.807) is 50.6 Å². The molecule has 7 rings (SSSR count). The lowest BCUT2D eigenvalue weighted by Crippen LogP contribution is -2.50. The smallest absolute Gasteiger partial charge is 0.238 e. The van der Waals surface area contributed by atoms with E-state index >= 15 is 0 Å². The zero-order valence-corrected chi connectivity index (χ0v) is 20.0. The third-order valence-electron chi connectivity index (χ3n) is 7.97. The summed E-state index contributed by atoms with van der Waals surface area (Å²) < 4.78 is 10.4. The second kappa shape index (κ2) is 8.50.